The molecule has 0 aliphatic rings. The van der Waals surface area contributed by atoms with Gasteiger partial charge in [-0.3, -0.25) is 0 Å². The summed E-state index contributed by atoms with van der Waals surface area (Å²) >= 11 is 1.56. The number of hydrogen-bond donors (Lipinski definition) is 1. The van der Waals surface area contributed by atoms with Crippen LogP contribution in [-0.2, 0) is 0 Å². The second kappa shape index (κ2) is 4.51. The molecule has 3 rings (SSSR count). The summed E-state index contributed by atoms with van der Waals surface area (Å²) in [5.74, 6) is 0.781. The zero-order valence-corrected chi connectivity index (χ0v) is 11.0. The van der Waals surface area contributed by atoms with Crippen molar-refractivity contribution in [3.8, 4) is 10.8 Å². The van der Waals surface area contributed by atoms with E-state index in [0.717, 1.165) is 26.7 Å². The first-order valence-corrected chi connectivity index (χ1v) is 6.59. The second-order valence-electron chi connectivity index (χ2n) is 4.10. The van der Waals surface area contributed by atoms with Gasteiger partial charge in [-0.25, -0.2) is 0 Å². The molecule has 0 aliphatic heterocycles. The minimum absolute atomic E-state index is 0.209. The number of furan rings is 1. The van der Waals surface area contributed by atoms with Crippen LogP contribution in [0.4, 0.5) is 0 Å². The minimum Gasteiger partial charge on any atom is -0.453 e. The minimum atomic E-state index is 0.209. The van der Waals surface area contributed by atoms with Crippen LogP contribution in [0.1, 0.15) is 18.0 Å². The Kier molecular flexibility index (Phi) is 2.85. The first-order valence-electron chi connectivity index (χ1n) is 5.77. The van der Waals surface area contributed by atoms with Gasteiger partial charge in [0.25, 0.3) is 0 Å². The first-order chi connectivity index (χ1) is 8.78. The summed E-state index contributed by atoms with van der Waals surface area (Å²) in [5, 5.41) is 14.4. The highest BCUT2D eigenvalue weighted by molar-refractivity contribution is 7.14. The average Bonchev–Trinajstić information content (AvgIpc) is 3.03. The highest BCUT2D eigenvalue weighted by Crippen LogP contribution is 2.31. The molecule has 0 bridgehead atoms. The molecular formula is C13H13N3OS. The van der Waals surface area contributed by atoms with Crippen molar-refractivity contribution in [2.75, 3.05) is 7.05 Å². The molecule has 1 aromatic carbocycles. The van der Waals surface area contributed by atoms with E-state index in [1.54, 1.807) is 11.3 Å². The lowest BCUT2D eigenvalue weighted by Crippen LogP contribution is -2.11. The van der Waals surface area contributed by atoms with Crippen molar-refractivity contribution in [1.82, 2.24) is 15.5 Å². The maximum Gasteiger partial charge on any atom is 0.183 e. The quantitative estimate of drug-likeness (QED) is 0.784. The third kappa shape index (κ3) is 1.91. The summed E-state index contributed by atoms with van der Waals surface area (Å²) in [7, 11) is 1.91. The number of aromatic nitrogens is 2. The van der Waals surface area contributed by atoms with Crippen molar-refractivity contribution < 1.29 is 4.42 Å². The molecule has 0 saturated carbocycles. The van der Waals surface area contributed by atoms with Crippen molar-refractivity contribution >= 4 is 22.3 Å². The number of nitrogens with one attached hydrogen (secondary N) is 1. The van der Waals surface area contributed by atoms with Gasteiger partial charge in [0.15, 0.2) is 10.8 Å². The van der Waals surface area contributed by atoms with Crippen molar-refractivity contribution in [1.29, 1.82) is 0 Å². The Bertz CT molecular complexity index is 640. The molecule has 1 atom stereocenters. The van der Waals surface area contributed by atoms with E-state index < -0.39 is 0 Å². The molecule has 2 aromatic heterocycles. The van der Waals surface area contributed by atoms with E-state index in [0.29, 0.717) is 0 Å². The number of para-hydroxylation sites is 1. The molecule has 3 aromatic rings. The highest BCUT2D eigenvalue weighted by atomic mass is 32.1. The van der Waals surface area contributed by atoms with Crippen LogP contribution >= 0.6 is 11.3 Å². The van der Waals surface area contributed by atoms with Crippen LogP contribution in [0.5, 0.6) is 0 Å². The predicted molar refractivity (Wildman–Crippen MR) is 72.6 cm³/mol. The van der Waals surface area contributed by atoms with E-state index >= 15 is 0 Å². The Morgan fingerprint density at radius 1 is 1.28 bits per heavy atom. The van der Waals surface area contributed by atoms with Gasteiger partial charge in [0.05, 0.1) is 6.04 Å². The highest BCUT2D eigenvalue weighted by Gasteiger charge is 2.14. The number of hydrogen-bond acceptors (Lipinski definition) is 5. The molecule has 1 unspecified atom stereocenters. The Labute approximate surface area is 109 Å². The van der Waals surface area contributed by atoms with Crippen LogP contribution in [0.25, 0.3) is 21.7 Å². The molecule has 0 aliphatic carbocycles. The zero-order valence-electron chi connectivity index (χ0n) is 10.2. The topological polar surface area (TPSA) is 51.0 Å². The summed E-state index contributed by atoms with van der Waals surface area (Å²) in [5.41, 5.74) is 0.880. The van der Waals surface area contributed by atoms with E-state index in [1.807, 2.05) is 37.4 Å². The lowest BCUT2D eigenvalue weighted by molar-refractivity contribution is 0.627. The summed E-state index contributed by atoms with van der Waals surface area (Å²) in [6, 6.07) is 10.2. The SMILES string of the molecule is CNC(C)c1nnc(-c2cc3ccccc3o2)s1. The van der Waals surface area contributed by atoms with E-state index in [9.17, 15) is 0 Å². The molecule has 2 heterocycles. The van der Waals surface area contributed by atoms with Gasteiger partial charge >= 0.3 is 0 Å². The number of fused-ring (bicyclic) bond motifs is 1. The lowest BCUT2D eigenvalue weighted by atomic mass is 10.2. The zero-order chi connectivity index (χ0) is 12.5. The fourth-order valence-electron chi connectivity index (χ4n) is 1.72. The Balaban J connectivity index is 2.01. The van der Waals surface area contributed by atoms with Crippen molar-refractivity contribution in [2.24, 2.45) is 0 Å². The van der Waals surface area contributed by atoms with Crippen LogP contribution in [0.15, 0.2) is 34.7 Å². The van der Waals surface area contributed by atoms with Crippen LogP contribution in [0.3, 0.4) is 0 Å². The molecule has 1 N–H and O–H groups in total. The van der Waals surface area contributed by atoms with E-state index in [4.69, 9.17) is 4.42 Å². The van der Waals surface area contributed by atoms with E-state index in [2.05, 4.69) is 22.4 Å². The van der Waals surface area contributed by atoms with Gasteiger partial charge in [-0.1, -0.05) is 29.5 Å². The van der Waals surface area contributed by atoms with Gasteiger partial charge < -0.3 is 9.73 Å². The van der Waals surface area contributed by atoms with Crippen molar-refractivity contribution in [3.63, 3.8) is 0 Å². The summed E-state index contributed by atoms with van der Waals surface area (Å²) in [4.78, 5) is 0. The van der Waals surface area contributed by atoms with Gasteiger partial charge in [0.2, 0.25) is 0 Å². The maximum absolute atomic E-state index is 5.77. The number of rotatable bonds is 3. The largest absolute Gasteiger partial charge is 0.453 e. The molecular weight excluding hydrogens is 246 g/mol. The molecule has 4 nitrogen and oxygen atoms in total. The summed E-state index contributed by atoms with van der Waals surface area (Å²) < 4.78 is 5.77. The standard InChI is InChI=1S/C13H13N3OS/c1-8(14-2)12-15-16-13(18-12)11-7-9-5-3-4-6-10(9)17-11/h3-8,14H,1-2H3. The Morgan fingerprint density at radius 3 is 2.89 bits per heavy atom. The van der Waals surface area contributed by atoms with E-state index in [-0.39, 0.29) is 6.04 Å². The fraction of sp³-hybridized carbons (Fsp3) is 0.231. The molecule has 0 saturated heterocycles. The first kappa shape index (κ1) is 11.4. The van der Waals surface area contributed by atoms with Gasteiger partial charge in [0.1, 0.15) is 10.6 Å². The van der Waals surface area contributed by atoms with Crippen LogP contribution in [0, 0.1) is 0 Å². The molecule has 92 valence electrons. The average molecular weight is 259 g/mol. The molecule has 5 heteroatoms. The Hall–Kier alpha value is -1.72. The molecule has 0 fully saturated rings. The van der Waals surface area contributed by atoms with Gasteiger partial charge in [0, 0.05) is 5.39 Å². The van der Waals surface area contributed by atoms with Gasteiger partial charge in [-0.05, 0) is 26.1 Å². The Morgan fingerprint density at radius 2 is 2.11 bits per heavy atom. The number of benzene rings is 1. The maximum atomic E-state index is 5.77. The second-order valence-corrected chi connectivity index (χ2v) is 5.11. The van der Waals surface area contributed by atoms with Crippen LogP contribution in [-0.4, -0.2) is 17.2 Å². The van der Waals surface area contributed by atoms with Crippen LogP contribution < -0.4 is 5.32 Å². The smallest absolute Gasteiger partial charge is 0.183 e. The fourth-order valence-corrected chi connectivity index (χ4v) is 2.58. The monoisotopic (exact) mass is 259 g/mol. The predicted octanol–water partition coefficient (Wildman–Crippen LogP) is 3.23. The normalized spacial score (nSPS) is 13.0. The molecule has 0 amide bonds. The third-order valence-electron chi connectivity index (χ3n) is 2.88. The van der Waals surface area contributed by atoms with Gasteiger partial charge in [-0.15, -0.1) is 10.2 Å². The van der Waals surface area contributed by atoms with Crippen molar-refractivity contribution in [2.45, 2.75) is 13.0 Å². The molecule has 0 spiro atoms. The third-order valence-corrected chi connectivity index (χ3v) is 4.00. The van der Waals surface area contributed by atoms with Crippen molar-refractivity contribution in [3.05, 3.63) is 35.3 Å². The van der Waals surface area contributed by atoms with Gasteiger partial charge in [-0.2, -0.15) is 0 Å². The van der Waals surface area contributed by atoms with E-state index in [1.165, 1.54) is 0 Å². The lowest BCUT2D eigenvalue weighted by Gasteiger charge is -2.02. The summed E-state index contributed by atoms with van der Waals surface area (Å²) in [6.45, 7) is 2.06. The number of nitrogens with zero attached hydrogens (tertiary/aromatic N) is 2. The molecule has 18 heavy (non-hydrogen) atoms. The molecule has 0 radical (unpaired) electrons. The van der Waals surface area contributed by atoms with Crippen LogP contribution in [0.2, 0.25) is 0 Å². The summed E-state index contributed by atoms with van der Waals surface area (Å²) in [6.07, 6.45) is 0.